The molecule has 2 amide bonds. The summed E-state index contributed by atoms with van der Waals surface area (Å²) in [7, 11) is 1.73. The van der Waals surface area contributed by atoms with Gasteiger partial charge in [-0.3, -0.25) is 9.59 Å². The maximum absolute atomic E-state index is 12.1. The molecule has 3 N–H and O–H groups in total. The molecule has 3 heterocycles. The second-order valence-electron chi connectivity index (χ2n) is 8.01. The van der Waals surface area contributed by atoms with Crippen LogP contribution in [0.25, 0.3) is 10.4 Å². The van der Waals surface area contributed by atoms with Gasteiger partial charge in [-0.15, -0.1) is 11.3 Å². The topological polar surface area (TPSA) is 112 Å². The lowest BCUT2D eigenvalue weighted by atomic mass is 9.86. The first-order valence-corrected chi connectivity index (χ1v) is 10.5. The summed E-state index contributed by atoms with van der Waals surface area (Å²) >= 11 is 1.39. The summed E-state index contributed by atoms with van der Waals surface area (Å²) in [5.41, 5.74) is 8.54. The van der Waals surface area contributed by atoms with E-state index in [1.54, 1.807) is 30.1 Å². The molecule has 0 radical (unpaired) electrons. The van der Waals surface area contributed by atoms with Gasteiger partial charge in [0, 0.05) is 11.9 Å². The number of pyridine rings is 1. The Morgan fingerprint density at radius 2 is 1.97 bits per heavy atom. The highest BCUT2D eigenvalue weighted by Crippen LogP contribution is 2.38. The first-order valence-electron chi connectivity index (χ1n) is 9.68. The van der Waals surface area contributed by atoms with Crippen molar-refractivity contribution in [1.29, 1.82) is 5.26 Å². The minimum absolute atomic E-state index is 0.0479. The second-order valence-corrected chi connectivity index (χ2v) is 9.06. The van der Waals surface area contributed by atoms with Crippen LogP contribution in [0.3, 0.4) is 0 Å². The molecular weight excluding hydrogens is 410 g/mol. The molecule has 0 bridgehead atoms. The Morgan fingerprint density at radius 1 is 1.26 bits per heavy atom. The van der Waals surface area contributed by atoms with Gasteiger partial charge in [0.25, 0.3) is 11.8 Å². The van der Waals surface area contributed by atoms with Gasteiger partial charge in [0.15, 0.2) is 0 Å². The lowest BCUT2D eigenvalue weighted by Gasteiger charge is -2.15. The molecule has 1 aliphatic heterocycles. The number of aromatic nitrogens is 1. The van der Waals surface area contributed by atoms with Crippen molar-refractivity contribution in [2.75, 3.05) is 12.4 Å². The molecule has 31 heavy (non-hydrogen) atoms. The van der Waals surface area contributed by atoms with Crippen molar-refractivity contribution < 1.29 is 9.59 Å². The highest BCUT2D eigenvalue weighted by atomic mass is 32.1. The Bertz CT molecular complexity index is 1240. The highest BCUT2D eigenvalue weighted by molar-refractivity contribution is 7.19. The minimum atomic E-state index is -0.576. The molecule has 156 valence electrons. The Labute approximate surface area is 184 Å². The smallest absolute Gasteiger partial charge is 0.255 e. The molecule has 3 aromatic rings. The van der Waals surface area contributed by atoms with Crippen molar-refractivity contribution in [2.24, 2.45) is 5.73 Å². The van der Waals surface area contributed by atoms with E-state index in [2.05, 4.69) is 16.4 Å². The number of nitrogens with two attached hydrogens (primary N) is 1. The van der Waals surface area contributed by atoms with E-state index in [4.69, 9.17) is 5.73 Å². The van der Waals surface area contributed by atoms with Crippen LogP contribution in [0, 0.1) is 11.3 Å². The number of carbonyl (C=O) groups is 2. The van der Waals surface area contributed by atoms with Gasteiger partial charge >= 0.3 is 0 Å². The van der Waals surface area contributed by atoms with Gasteiger partial charge in [-0.25, -0.2) is 4.98 Å². The number of rotatable bonds is 5. The Kier molecular flexibility index (Phi) is 4.99. The molecule has 8 heteroatoms. The third-order valence-electron chi connectivity index (χ3n) is 5.35. The third kappa shape index (κ3) is 3.76. The van der Waals surface area contributed by atoms with Crippen molar-refractivity contribution in [3.05, 3.63) is 64.8 Å². The molecule has 0 aliphatic carbocycles. The van der Waals surface area contributed by atoms with E-state index in [1.165, 1.54) is 11.3 Å². The van der Waals surface area contributed by atoms with Crippen LogP contribution in [-0.2, 0) is 12.0 Å². The summed E-state index contributed by atoms with van der Waals surface area (Å²) in [6, 6.07) is 15.2. The summed E-state index contributed by atoms with van der Waals surface area (Å²) < 4.78 is 0. The highest BCUT2D eigenvalue weighted by Gasteiger charge is 2.26. The number of hydrogen-bond acceptors (Lipinski definition) is 6. The van der Waals surface area contributed by atoms with Crippen molar-refractivity contribution in [3.63, 3.8) is 0 Å². The first-order chi connectivity index (χ1) is 14.7. The van der Waals surface area contributed by atoms with Crippen LogP contribution < -0.4 is 11.1 Å². The van der Waals surface area contributed by atoms with Gasteiger partial charge in [-0.2, -0.15) is 5.26 Å². The first kappa shape index (κ1) is 20.6. The van der Waals surface area contributed by atoms with Gasteiger partial charge < -0.3 is 16.0 Å². The lowest BCUT2D eigenvalue weighted by molar-refractivity contribution is 0.0816. The maximum Gasteiger partial charge on any atom is 0.255 e. The summed E-state index contributed by atoms with van der Waals surface area (Å²) in [6.07, 6.45) is 0. The van der Waals surface area contributed by atoms with E-state index in [-0.39, 0.29) is 5.91 Å². The molecule has 4 rings (SSSR count). The number of nitrogens with zero attached hydrogens (tertiary/aromatic N) is 3. The SMILES string of the molecule is CN1Cc2nc(Nc3sc(-c4ccc(C(C)(C)C#N)cc4)cc3C(N)=O)ccc2C1=O. The second kappa shape index (κ2) is 7.52. The van der Waals surface area contributed by atoms with Crippen LogP contribution in [0.2, 0.25) is 0 Å². The normalized spacial score (nSPS) is 13.1. The molecule has 0 unspecified atom stereocenters. The monoisotopic (exact) mass is 431 g/mol. The van der Waals surface area contributed by atoms with Gasteiger partial charge in [-0.1, -0.05) is 24.3 Å². The predicted octanol–water partition coefficient (Wildman–Crippen LogP) is 4.04. The number of thiophene rings is 1. The van der Waals surface area contributed by atoms with E-state index < -0.39 is 11.3 Å². The molecule has 0 saturated carbocycles. The van der Waals surface area contributed by atoms with Gasteiger partial charge in [0.05, 0.1) is 34.8 Å². The molecule has 1 aromatic carbocycles. The van der Waals surface area contributed by atoms with Crippen LogP contribution in [0.5, 0.6) is 0 Å². The van der Waals surface area contributed by atoms with E-state index in [9.17, 15) is 14.9 Å². The van der Waals surface area contributed by atoms with Crippen molar-refractivity contribution >= 4 is 34.0 Å². The van der Waals surface area contributed by atoms with Gasteiger partial charge in [-0.05, 0) is 43.2 Å². The molecular formula is C23H21N5O2S. The fraction of sp³-hybridized carbons (Fsp3) is 0.217. The summed E-state index contributed by atoms with van der Waals surface area (Å²) in [5, 5.41) is 13.1. The Hall–Kier alpha value is -3.70. The van der Waals surface area contributed by atoms with E-state index >= 15 is 0 Å². The Balaban J connectivity index is 1.65. The zero-order chi connectivity index (χ0) is 22.3. The van der Waals surface area contributed by atoms with Crippen LogP contribution in [0.1, 0.15) is 45.8 Å². The zero-order valence-electron chi connectivity index (χ0n) is 17.4. The van der Waals surface area contributed by atoms with Gasteiger partial charge in [0.2, 0.25) is 0 Å². The number of anilines is 2. The predicted molar refractivity (Wildman–Crippen MR) is 120 cm³/mol. The van der Waals surface area contributed by atoms with E-state index in [0.29, 0.717) is 34.2 Å². The number of amides is 2. The number of nitrogens with one attached hydrogen (secondary N) is 1. The molecule has 0 atom stereocenters. The fourth-order valence-corrected chi connectivity index (χ4v) is 4.51. The maximum atomic E-state index is 12.1. The molecule has 7 nitrogen and oxygen atoms in total. The molecule has 0 spiro atoms. The summed E-state index contributed by atoms with van der Waals surface area (Å²) in [5.74, 6) is -0.0412. The number of hydrogen-bond donors (Lipinski definition) is 2. The van der Waals surface area contributed by atoms with E-state index in [0.717, 1.165) is 16.0 Å². The number of carbonyl (C=O) groups excluding carboxylic acids is 2. The largest absolute Gasteiger partial charge is 0.366 e. The summed E-state index contributed by atoms with van der Waals surface area (Å²) in [6.45, 7) is 4.19. The summed E-state index contributed by atoms with van der Waals surface area (Å²) in [4.78, 5) is 31.1. The number of nitriles is 1. The molecule has 1 aliphatic rings. The number of benzene rings is 1. The quantitative estimate of drug-likeness (QED) is 0.633. The minimum Gasteiger partial charge on any atom is -0.366 e. The van der Waals surface area contributed by atoms with E-state index in [1.807, 2.05) is 38.1 Å². The van der Waals surface area contributed by atoms with Crippen LogP contribution in [-0.4, -0.2) is 28.7 Å². The zero-order valence-corrected chi connectivity index (χ0v) is 18.2. The standard InChI is InChI=1S/C23H21N5O2S/c1-23(2,12-24)14-6-4-13(5-7-14)18-10-16(20(25)29)21(31-18)27-19-9-8-15-17(26-19)11-28(3)22(15)30/h4-10H,11H2,1-3H3,(H2,25,29)(H,26,27). The van der Waals surface area contributed by atoms with Crippen LogP contribution in [0.4, 0.5) is 10.8 Å². The fourth-order valence-electron chi connectivity index (χ4n) is 3.43. The number of primary amides is 1. The van der Waals surface area contributed by atoms with Crippen molar-refractivity contribution in [2.45, 2.75) is 25.8 Å². The van der Waals surface area contributed by atoms with Gasteiger partial charge in [0.1, 0.15) is 10.8 Å². The lowest BCUT2D eigenvalue weighted by Crippen LogP contribution is -2.17. The average Bonchev–Trinajstić information content (AvgIpc) is 3.29. The number of fused-ring (bicyclic) bond motifs is 1. The van der Waals surface area contributed by atoms with Crippen molar-refractivity contribution in [1.82, 2.24) is 9.88 Å². The average molecular weight is 432 g/mol. The van der Waals surface area contributed by atoms with Crippen LogP contribution >= 0.6 is 11.3 Å². The van der Waals surface area contributed by atoms with Crippen LogP contribution in [0.15, 0.2) is 42.5 Å². The van der Waals surface area contributed by atoms with Crippen molar-refractivity contribution in [3.8, 4) is 16.5 Å². The molecule has 0 fully saturated rings. The third-order valence-corrected chi connectivity index (χ3v) is 6.45. The Morgan fingerprint density at radius 3 is 2.61 bits per heavy atom. The molecule has 2 aromatic heterocycles. The molecule has 0 saturated heterocycles.